The van der Waals surface area contributed by atoms with E-state index in [1.54, 1.807) is 0 Å². The van der Waals surface area contributed by atoms with Gasteiger partial charge in [0.15, 0.2) is 0 Å². The summed E-state index contributed by atoms with van der Waals surface area (Å²) in [6.45, 7) is 26.7. The first-order valence-electron chi connectivity index (χ1n) is 15.4. The summed E-state index contributed by atoms with van der Waals surface area (Å²) >= 11 is 0. The molecule has 38 heavy (non-hydrogen) atoms. The fraction of sp³-hybridized carbons (Fsp3) is 0.903. The number of aryl methyl sites for hydroxylation is 1. The van der Waals surface area contributed by atoms with Gasteiger partial charge in [0.2, 0.25) is 11.9 Å². The summed E-state index contributed by atoms with van der Waals surface area (Å²) in [5.41, 5.74) is 0.772. The van der Waals surface area contributed by atoms with Crippen LogP contribution in [0.3, 0.4) is 0 Å². The predicted octanol–water partition coefficient (Wildman–Crippen LogP) is 6.06. The van der Waals surface area contributed by atoms with Crippen LogP contribution in [-0.4, -0.2) is 85.7 Å². The number of hydrogen-bond acceptors (Lipinski definition) is 7. The van der Waals surface area contributed by atoms with Crippen molar-refractivity contribution in [2.45, 2.75) is 155 Å². The third-order valence-corrected chi connectivity index (χ3v) is 10.1. The van der Waals surface area contributed by atoms with E-state index in [2.05, 4.69) is 95.9 Å². The van der Waals surface area contributed by atoms with E-state index in [-0.39, 0.29) is 16.6 Å². The first kappa shape index (κ1) is 29.5. The minimum absolute atomic E-state index is 0.119. The zero-order valence-corrected chi connectivity index (χ0v) is 26.6. The Morgan fingerprint density at radius 3 is 1.61 bits per heavy atom. The van der Waals surface area contributed by atoms with Gasteiger partial charge in [0.1, 0.15) is 5.82 Å². The number of unbranched alkanes of at least 4 members (excludes halogenated alkanes) is 2. The third-order valence-electron chi connectivity index (χ3n) is 10.1. The van der Waals surface area contributed by atoms with Gasteiger partial charge in [-0.3, -0.25) is 9.80 Å². The quantitative estimate of drug-likeness (QED) is 0.343. The van der Waals surface area contributed by atoms with Crippen molar-refractivity contribution < 1.29 is 0 Å². The second-order valence-electron chi connectivity index (χ2n) is 14.8. The summed E-state index contributed by atoms with van der Waals surface area (Å²) in [6.07, 6.45) is 9.23. The molecule has 3 fully saturated rings. The zero-order chi connectivity index (χ0) is 28.1. The van der Waals surface area contributed by atoms with Crippen LogP contribution in [0.1, 0.15) is 120 Å². The highest BCUT2D eigenvalue weighted by molar-refractivity contribution is 5.42. The molecule has 0 spiro atoms. The molecule has 7 heteroatoms. The standard InChI is InChI=1S/C31H57N7/c1-12-14-16-36(24-18-28(4,5)35(11)29(6,7)19-24)26-32-23(3)33-27(34-26)37(17-15-13-2)25-20-30(8,9)38-22-31(38,10)21-25/h24-25H,12-22H2,1-11H3. The molecule has 0 aromatic carbocycles. The highest BCUT2D eigenvalue weighted by atomic mass is 15.4. The molecular weight excluding hydrogens is 470 g/mol. The largest absolute Gasteiger partial charge is 0.338 e. The van der Waals surface area contributed by atoms with E-state index in [9.17, 15) is 0 Å². The highest BCUT2D eigenvalue weighted by Crippen LogP contribution is 2.50. The van der Waals surface area contributed by atoms with E-state index in [0.29, 0.717) is 17.6 Å². The molecule has 3 saturated heterocycles. The summed E-state index contributed by atoms with van der Waals surface area (Å²) in [5.74, 6) is 2.62. The van der Waals surface area contributed by atoms with Gasteiger partial charge in [0, 0.05) is 53.9 Å². The van der Waals surface area contributed by atoms with Crippen LogP contribution in [0.25, 0.3) is 0 Å². The molecule has 3 atom stereocenters. The van der Waals surface area contributed by atoms with E-state index in [0.717, 1.165) is 62.9 Å². The van der Waals surface area contributed by atoms with E-state index in [1.807, 2.05) is 0 Å². The lowest BCUT2D eigenvalue weighted by Gasteiger charge is -2.55. The number of rotatable bonds is 10. The summed E-state index contributed by atoms with van der Waals surface area (Å²) in [4.78, 5) is 25.7. The Bertz CT molecular complexity index is 955. The van der Waals surface area contributed by atoms with Crippen LogP contribution in [0, 0.1) is 6.92 Å². The van der Waals surface area contributed by atoms with Gasteiger partial charge in [0.25, 0.3) is 0 Å². The van der Waals surface area contributed by atoms with E-state index < -0.39 is 0 Å². The molecule has 4 heterocycles. The fourth-order valence-corrected chi connectivity index (χ4v) is 7.71. The first-order chi connectivity index (χ1) is 17.6. The Labute approximate surface area is 233 Å². The first-order valence-corrected chi connectivity index (χ1v) is 15.4. The molecule has 0 saturated carbocycles. The number of fused-ring (bicyclic) bond motifs is 1. The minimum atomic E-state index is 0.119. The molecule has 0 amide bonds. The summed E-state index contributed by atoms with van der Waals surface area (Å²) < 4.78 is 0. The van der Waals surface area contributed by atoms with Gasteiger partial charge in [-0.15, -0.1) is 0 Å². The molecule has 3 aliphatic rings. The van der Waals surface area contributed by atoms with Crippen LogP contribution in [0.5, 0.6) is 0 Å². The van der Waals surface area contributed by atoms with Crippen molar-refractivity contribution in [2.75, 3.05) is 36.5 Å². The van der Waals surface area contributed by atoms with Crippen molar-refractivity contribution in [1.29, 1.82) is 0 Å². The number of aromatic nitrogens is 3. The maximum absolute atomic E-state index is 5.32. The fourth-order valence-electron chi connectivity index (χ4n) is 7.71. The maximum atomic E-state index is 5.32. The lowest BCUT2D eigenvalue weighted by molar-refractivity contribution is -0.0129. The average Bonchev–Trinajstić information content (AvgIpc) is 3.50. The molecule has 0 radical (unpaired) electrons. The Kier molecular flexibility index (Phi) is 8.15. The molecule has 0 aliphatic carbocycles. The molecule has 0 N–H and O–H groups in total. The van der Waals surface area contributed by atoms with Crippen molar-refractivity contribution in [3.63, 3.8) is 0 Å². The van der Waals surface area contributed by atoms with Gasteiger partial charge in [0.05, 0.1) is 0 Å². The van der Waals surface area contributed by atoms with E-state index in [4.69, 9.17) is 15.0 Å². The van der Waals surface area contributed by atoms with Crippen molar-refractivity contribution >= 4 is 11.9 Å². The van der Waals surface area contributed by atoms with Crippen LogP contribution in [0.4, 0.5) is 11.9 Å². The van der Waals surface area contributed by atoms with Crippen molar-refractivity contribution in [2.24, 2.45) is 0 Å². The average molecular weight is 528 g/mol. The van der Waals surface area contributed by atoms with Crippen LogP contribution in [0.2, 0.25) is 0 Å². The van der Waals surface area contributed by atoms with Gasteiger partial charge in [-0.2, -0.15) is 15.0 Å². The van der Waals surface area contributed by atoms with Crippen molar-refractivity contribution in [1.82, 2.24) is 24.8 Å². The minimum Gasteiger partial charge on any atom is -0.338 e. The summed E-state index contributed by atoms with van der Waals surface area (Å²) in [5, 5.41) is 0. The lowest BCUT2D eigenvalue weighted by atomic mass is 9.77. The number of nitrogens with zero attached hydrogens (tertiary/aromatic N) is 7. The van der Waals surface area contributed by atoms with Crippen LogP contribution in [0.15, 0.2) is 0 Å². The smallest absolute Gasteiger partial charge is 0.230 e. The number of anilines is 2. The molecule has 7 nitrogen and oxygen atoms in total. The molecule has 1 aromatic heterocycles. The van der Waals surface area contributed by atoms with Gasteiger partial charge >= 0.3 is 0 Å². The Hall–Kier alpha value is -1.47. The second-order valence-corrected chi connectivity index (χ2v) is 14.8. The molecule has 3 unspecified atom stereocenters. The van der Waals surface area contributed by atoms with Crippen LogP contribution in [-0.2, 0) is 0 Å². The lowest BCUT2D eigenvalue weighted by Crippen LogP contribution is -2.63. The highest BCUT2D eigenvalue weighted by Gasteiger charge is 2.60. The zero-order valence-electron chi connectivity index (χ0n) is 26.6. The Balaban J connectivity index is 1.70. The molecular formula is C31H57N7. The van der Waals surface area contributed by atoms with Crippen LogP contribution >= 0.6 is 0 Å². The summed E-state index contributed by atoms with van der Waals surface area (Å²) in [6, 6.07) is 0.870. The Morgan fingerprint density at radius 2 is 1.16 bits per heavy atom. The van der Waals surface area contributed by atoms with E-state index >= 15 is 0 Å². The molecule has 3 aliphatic heterocycles. The maximum Gasteiger partial charge on any atom is 0.230 e. The normalized spacial score (nSPS) is 30.1. The third kappa shape index (κ3) is 5.84. The van der Waals surface area contributed by atoms with Crippen LogP contribution < -0.4 is 9.80 Å². The second kappa shape index (κ2) is 10.5. The predicted molar refractivity (Wildman–Crippen MR) is 160 cm³/mol. The number of piperidine rings is 2. The Morgan fingerprint density at radius 1 is 0.711 bits per heavy atom. The number of hydrogen-bond donors (Lipinski definition) is 0. The van der Waals surface area contributed by atoms with E-state index in [1.165, 1.54) is 25.8 Å². The summed E-state index contributed by atoms with van der Waals surface area (Å²) in [7, 11) is 2.29. The number of likely N-dealkylation sites (tertiary alicyclic amines) is 1. The SMILES string of the molecule is CCCCN(c1nc(C)nc(N(CCCC)C2CC(C)(C)N3CC3(C)C2)n1)C1CC(C)(C)N(C)C(C)(C)C1. The van der Waals surface area contributed by atoms with Gasteiger partial charge in [-0.05, 0) is 101 Å². The van der Waals surface area contributed by atoms with Gasteiger partial charge < -0.3 is 9.80 Å². The molecule has 1 aromatic rings. The molecule has 216 valence electrons. The van der Waals surface area contributed by atoms with Gasteiger partial charge in [-0.25, -0.2) is 0 Å². The molecule has 0 bridgehead atoms. The monoisotopic (exact) mass is 527 g/mol. The van der Waals surface area contributed by atoms with Gasteiger partial charge in [-0.1, -0.05) is 26.7 Å². The van der Waals surface area contributed by atoms with Crippen molar-refractivity contribution in [3.8, 4) is 0 Å². The van der Waals surface area contributed by atoms with Crippen molar-refractivity contribution in [3.05, 3.63) is 5.82 Å². The molecule has 4 rings (SSSR count). The topological polar surface area (TPSA) is 51.4 Å².